The van der Waals surface area contributed by atoms with Gasteiger partial charge in [0.25, 0.3) is 10.0 Å². The van der Waals surface area contributed by atoms with E-state index in [0.717, 1.165) is 42.8 Å². The second-order valence-electron chi connectivity index (χ2n) is 7.19. The van der Waals surface area contributed by atoms with Crippen LogP contribution in [0.3, 0.4) is 0 Å². The Bertz CT molecular complexity index is 1040. The Morgan fingerprint density at radius 2 is 2.07 bits per heavy atom. The van der Waals surface area contributed by atoms with Crippen molar-refractivity contribution in [1.29, 1.82) is 0 Å². The number of rotatable bonds is 7. The standard InChI is InChI=1S/C21H25N3O2S2/c1-2-11-22-17-7-5-16-14-18(8-6-15(16)13-17)24-28(25,26)21-10-9-20(27-21)19-4-3-12-23-19/h3-4,6,8-10,12,14,17,22-24H,2,5,7,11,13H2,1H3/t17-/m0/s1. The van der Waals surface area contributed by atoms with Gasteiger partial charge in [0.1, 0.15) is 4.21 Å². The first-order valence-corrected chi connectivity index (χ1v) is 12.0. The Labute approximate surface area is 170 Å². The van der Waals surface area contributed by atoms with Crippen molar-refractivity contribution in [3.8, 4) is 10.6 Å². The first kappa shape index (κ1) is 19.2. The predicted octanol–water partition coefficient (Wildman–Crippen LogP) is 4.40. The number of benzene rings is 1. The van der Waals surface area contributed by atoms with E-state index in [1.54, 1.807) is 6.07 Å². The normalized spacial score (nSPS) is 16.7. The summed E-state index contributed by atoms with van der Waals surface area (Å²) in [6.07, 6.45) is 6.04. The quantitative estimate of drug-likeness (QED) is 0.535. The van der Waals surface area contributed by atoms with Gasteiger partial charge in [-0.1, -0.05) is 13.0 Å². The van der Waals surface area contributed by atoms with Crippen LogP contribution in [0.5, 0.6) is 0 Å². The molecule has 0 radical (unpaired) electrons. The molecule has 28 heavy (non-hydrogen) atoms. The molecule has 1 aliphatic carbocycles. The highest BCUT2D eigenvalue weighted by molar-refractivity contribution is 7.94. The average Bonchev–Trinajstić information content (AvgIpc) is 3.37. The van der Waals surface area contributed by atoms with Gasteiger partial charge < -0.3 is 10.3 Å². The molecule has 0 saturated heterocycles. The fourth-order valence-corrected chi connectivity index (χ4v) is 5.98. The molecule has 0 aliphatic heterocycles. The summed E-state index contributed by atoms with van der Waals surface area (Å²) in [6, 6.07) is 13.8. The maximum absolute atomic E-state index is 12.8. The molecule has 0 fully saturated rings. The van der Waals surface area contributed by atoms with E-state index in [9.17, 15) is 8.42 Å². The van der Waals surface area contributed by atoms with Crippen LogP contribution in [0.1, 0.15) is 30.9 Å². The SMILES string of the molecule is CCCN[C@H]1CCc2cc(NS(=O)(=O)c3ccc(-c4ccc[nH]4)s3)ccc2C1. The zero-order chi connectivity index (χ0) is 19.6. The van der Waals surface area contributed by atoms with Gasteiger partial charge in [-0.3, -0.25) is 4.72 Å². The molecular formula is C21H25N3O2S2. The number of aromatic amines is 1. The molecule has 0 amide bonds. The van der Waals surface area contributed by atoms with E-state index >= 15 is 0 Å². The van der Waals surface area contributed by atoms with E-state index in [4.69, 9.17) is 0 Å². The van der Waals surface area contributed by atoms with E-state index in [0.29, 0.717) is 15.9 Å². The van der Waals surface area contributed by atoms with Crippen LogP contribution >= 0.6 is 11.3 Å². The summed E-state index contributed by atoms with van der Waals surface area (Å²) in [5.41, 5.74) is 4.11. The molecule has 3 N–H and O–H groups in total. The highest BCUT2D eigenvalue weighted by Gasteiger charge is 2.21. The number of H-pyrrole nitrogens is 1. The van der Waals surface area contributed by atoms with E-state index in [1.165, 1.54) is 22.5 Å². The van der Waals surface area contributed by atoms with Gasteiger partial charge in [-0.05, 0) is 79.8 Å². The van der Waals surface area contributed by atoms with Gasteiger partial charge in [-0.15, -0.1) is 11.3 Å². The number of aromatic nitrogens is 1. The summed E-state index contributed by atoms with van der Waals surface area (Å²) < 4.78 is 28.7. The van der Waals surface area contributed by atoms with Crippen LogP contribution < -0.4 is 10.0 Å². The third-order valence-corrected chi connectivity index (χ3v) is 8.07. The molecule has 148 valence electrons. The second-order valence-corrected chi connectivity index (χ2v) is 10.2. The molecule has 1 atom stereocenters. The highest BCUT2D eigenvalue weighted by atomic mass is 32.2. The van der Waals surface area contributed by atoms with Crippen LogP contribution in [0.15, 0.2) is 52.9 Å². The lowest BCUT2D eigenvalue weighted by Gasteiger charge is -2.26. The number of hydrogen-bond donors (Lipinski definition) is 3. The van der Waals surface area contributed by atoms with Crippen molar-refractivity contribution in [3.05, 3.63) is 59.8 Å². The van der Waals surface area contributed by atoms with Crippen LogP contribution in [0.4, 0.5) is 5.69 Å². The molecule has 1 aromatic carbocycles. The van der Waals surface area contributed by atoms with E-state index in [2.05, 4.69) is 28.0 Å². The first-order chi connectivity index (χ1) is 13.5. The number of fused-ring (bicyclic) bond motifs is 1. The smallest absolute Gasteiger partial charge is 0.271 e. The molecule has 0 unspecified atom stereocenters. The molecule has 3 aromatic rings. The molecule has 0 spiro atoms. The number of aryl methyl sites for hydroxylation is 1. The Morgan fingerprint density at radius 3 is 2.86 bits per heavy atom. The number of thiophene rings is 1. The Balaban J connectivity index is 1.48. The van der Waals surface area contributed by atoms with Crippen molar-refractivity contribution in [1.82, 2.24) is 10.3 Å². The third kappa shape index (κ3) is 4.16. The zero-order valence-electron chi connectivity index (χ0n) is 15.9. The second kappa shape index (κ2) is 8.11. The predicted molar refractivity (Wildman–Crippen MR) is 115 cm³/mol. The summed E-state index contributed by atoms with van der Waals surface area (Å²) in [6.45, 7) is 3.22. The molecule has 0 bridgehead atoms. The maximum atomic E-state index is 12.8. The molecule has 0 saturated carbocycles. The minimum Gasteiger partial charge on any atom is -0.361 e. The van der Waals surface area contributed by atoms with Crippen LogP contribution in [0.2, 0.25) is 0 Å². The van der Waals surface area contributed by atoms with Gasteiger partial charge in [-0.2, -0.15) is 0 Å². The largest absolute Gasteiger partial charge is 0.361 e. The zero-order valence-corrected chi connectivity index (χ0v) is 17.5. The van der Waals surface area contributed by atoms with E-state index in [1.807, 2.05) is 36.5 Å². The van der Waals surface area contributed by atoms with Crippen LogP contribution in [0, 0.1) is 0 Å². The minimum atomic E-state index is -3.59. The summed E-state index contributed by atoms with van der Waals surface area (Å²) in [5.74, 6) is 0. The molecule has 7 heteroatoms. The van der Waals surface area contributed by atoms with Gasteiger partial charge in [0.05, 0.1) is 10.6 Å². The van der Waals surface area contributed by atoms with Gasteiger partial charge in [0.15, 0.2) is 0 Å². The lowest BCUT2D eigenvalue weighted by atomic mass is 9.88. The molecule has 5 nitrogen and oxygen atoms in total. The van der Waals surface area contributed by atoms with Crippen molar-refractivity contribution in [3.63, 3.8) is 0 Å². The number of anilines is 1. The third-order valence-electron chi connectivity index (χ3n) is 5.08. The number of nitrogens with one attached hydrogen (secondary N) is 3. The molecule has 1 aliphatic rings. The molecule has 2 heterocycles. The first-order valence-electron chi connectivity index (χ1n) is 9.67. The summed E-state index contributed by atoms with van der Waals surface area (Å²) in [5, 5.41) is 3.59. The minimum absolute atomic E-state index is 0.318. The number of hydrogen-bond acceptors (Lipinski definition) is 4. The average molecular weight is 416 g/mol. The molecule has 4 rings (SSSR count). The lowest BCUT2D eigenvalue weighted by Crippen LogP contribution is -2.35. The van der Waals surface area contributed by atoms with Crippen molar-refractivity contribution >= 4 is 27.0 Å². The van der Waals surface area contributed by atoms with Crippen LogP contribution in [-0.2, 0) is 22.9 Å². The van der Waals surface area contributed by atoms with Gasteiger partial charge in [0.2, 0.25) is 0 Å². The highest BCUT2D eigenvalue weighted by Crippen LogP contribution is 2.31. The van der Waals surface area contributed by atoms with Crippen molar-refractivity contribution in [2.24, 2.45) is 0 Å². The Kier molecular flexibility index (Phi) is 5.57. The van der Waals surface area contributed by atoms with Crippen molar-refractivity contribution in [2.75, 3.05) is 11.3 Å². The Morgan fingerprint density at radius 1 is 1.18 bits per heavy atom. The topological polar surface area (TPSA) is 74.0 Å². The Hall–Kier alpha value is -2.09. The summed E-state index contributed by atoms with van der Waals surface area (Å²) in [7, 11) is -3.59. The van der Waals surface area contributed by atoms with Crippen molar-refractivity contribution in [2.45, 2.75) is 42.9 Å². The van der Waals surface area contributed by atoms with Gasteiger partial charge in [0, 0.05) is 17.9 Å². The maximum Gasteiger partial charge on any atom is 0.271 e. The monoisotopic (exact) mass is 415 g/mol. The van der Waals surface area contributed by atoms with Crippen molar-refractivity contribution < 1.29 is 8.42 Å². The van der Waals surface area contributed by atoms with Gasteiger partial charge >= 0.3 is 0 Å². The van der Waals surface area contributed by atoms with Gasteiger partial charge in [-0.25, -0.2) is 8.42 Å². The molecular weight excluding hydrogens is 390 g/mol. The molecule has 2 aromatic heterocycles. The van der Waals surface area contributed by atoms with E-state index < -0.39 is 10.0 Å². The summed E-state index contributed by atoms with van der Waals surface area (Å²) >= 11 is 1.26. The van der Waals surface area contributed by atoms with Crippen LogP contribution in [-0.4, -0.2) is 26.0 Å². The fourth-order valence-electron chi connectivity index (χ4n) is 3.64. The summed E-state index contributed by atoms with van der Waals surface area (Å²) in [4.78, 5) is 4.01. The lowest BCUT2D eigenvalue weighted by molar-refractivity contribution is 0.459. The van der Waals surface area contributed by atoms with Crippen LogP contribution in [0.25, 0.3) is 10.6 Å². The van der Waals surface area contributed by atoms with E-state index in [-0.39, 0.29) is 0 Å². The number of sulfonamides is 1. The fraction of sp³-hybridized carbons (Fsp3) is 0.333.